The molecule has 1 aromatic rings. The highest BCUT2D eigenvalue weighted by molar-refractivity contribution is 5.48. The SMILES string of the molecule is CC(C)c1cncnc1N1C[C@@H](CN(C)CCO)[C@@H](CO)C1. The Balaban J connectivity index is 2.11. The zero-order chi connectivity index (χ0) is 16.1. The Morgan fingerprint density at radius 1 is 1.32 bits per heavy atom. The molecule has 1 saturated heterocycles. The van der Waals surface area contributed by atoms with Gasteiger partial charge in [-0.25, -0.2) is 9.97 Å². The van der Waals surface area contributed by atoms with Crippen LogP contribution in [0.2, 0.25) is 0 Å². The summed E-state index contributed by atoms with van der Waals surface area (Å²) in [6, 6.07) is 0. The lowest BCUT2D eigenvalue weighted by Gasteiger charge is -2.23. The summed E-state index contributed by atoms with van der Waals surface area (Å²) in [5, 5.41) is 18.7. The van der Waals surface area contributed by atoms with Crippen molar-refractivity contribution in [2.45, 2.75) is 19.8 Å². The first-order valence-corrected chi connectivity index (χ1v) is 8.01. The van der Waals surface area contributed by atoms with E-state index >= 15 is 0 Å². The zero-order valence-electron chi connectivity index (χ0n) is 13.8. The van der Waals surface area contributed by atoms with Crippen LogP contribution in [0.3, 0.4) is 0 Å². The molecule has 0 amide bonds. The summed E-state index contributed by atoms with van der Waals surface area (Å²) in [7, 11) is 2.01. The van der Waals surface area contributed by atoms with Crippen LogP contribution in [-0.4, -0.2) is 71.5 Å². The molecule has 0 aliphatic carbocycles. The molecule has 0 unspecified atom stereocenters. The van der Waals surface area contributed by atoms with Gasteiger partial charge in [-0.05, 0) is 18.9 Å². The first-order valence-electron chi connectivity index (χ1n) is 8.01. The van der Waals surface area contributed by atoms with E-state index in [4.69, 9.17) is 5.11 Å². The Hall–Kier alpha value is -1.24. The summed E-state index contributed by atoms with van der Waals surface area (Å²) in [4.78, 5) is 13.0. The van der Waals surface area contributed by atoms with Crippen LogP contribution in [0.4, 0.5) is 5.82 Å². The molecule has 0 bridgehead atoms. The normalized spacial score (nSPS) is 22.0. The molecule has 2 rings (SSSR count). The molecule has 1 aromatic heterocycles. The fraction of sp³-hybridized carbons (Fsp3) is 0.750. The van der Waals surface area contributed by atoms with Crippen molar-refractivity contribution in [3.8, 4) is 0 Å². The van der Waals surface area contributed by atoms with Gasteiger partial charge in [0.2, 0.25) is 0 Å². The third-order valence-electron chi connectivity index (χ3n) is 4.48. The summed E-state index contributed by atoms with van der Waals surface area (Å²) in [6.45, 7) is 7.91. The molecule has 2 heterocycles. The van der Waals surface area contributed by atoms with Gasteiger partial charge >= 0.3 is 0 Å². The maximum absolute atomic E-state index is 9.70. The molecule has 2 atom stereocenters. The highest BCUT2D eigenvalue weighted by Crippen LogP contribution is 2.31. The van der Waals surface area contributed by atoms with Gasteiger partial charge in [0, 0.05) is 50.5 Å². The number of nitrogens with zero attached hydrogens (tertiary/aromatic N) is 4. The van der Waals surface area contributed by atoms with Crippen molar-refractivity contribution in [1.29, 1.82) is 0 Å². The smallest absolute Gasteiger partial charge is 0.135 e. The monoisotopic (exact) mass is 308 g/mol. The topological polar surface area (TPSA) is 72.7 Å². The summed E-state index contributed by atoms with van der Waals surface area (Å²) >= 11 is 0. The summed E-state index contributed by atoms with van der Waals surface area (Å²) in [5.74, 6) is 2.00. The van der Waals surface area contributed by atoms with E-state index in [0.29, 0.717) is 18.4 Å². The summed E-state index contributed by atoms with van der Waals surface area (Å²) in [5.41, 5.74) is 1.16. The van der Waals surface area contributed by atoms with E-state index in [1.165, 1.54) is 0 Å². The number of rotatable bonds is 7. The third kappa shape index (κ3) is 3.94. The third-order valence-corrected chi connectivity index (χ3v) is 4.48. The fourth-order valence-electron chi connectivity index (χ4n) is 3.19. The van der Waals surface area contributed by atoms with E-state index in [9.17, 15) is 5.11 Å². The number of hydrogen-bond acceptors (Lipinski definition) is 6. The molecule has 1 aliphatic heterocycles. The number of anilines is 1. The van der Waals surface area contributed by atoms with Crippen LogP contribution in [0.15, 0.2) is 12.5 Å². The van der Waals surface area contributed by atoms with Crippen LogP contribution < -0.4 is 4.90 Å². The minimum absolute atomic E-state index is 0.167. The van der Waals surface area contributed by atoms with E-state index in [0.717, 1.165) is 31.0 Å². The van der Waals surface area contributed by atoms with E-state index in [1.807, 2.05) is 13.2 Å². The van der Waals surface area contributed by atoms with Gasteiger partial charge in [0.05, 0.1) is 6.61 Å². The second kappa shape index (κ2) is 7.85. The van der Waals surface area contributed by atoms with Crippen LogP contribution in [0, 0.1) is 11.8 Å². The molecular formula is C16H28N4O2. The Bertz CT molecular complexity index is 469. The first-order chi connectivity index (χ1) is 10.6. The summed E-state index contributed by atoms with van der Waals surface area (Å²) in [6.07, 6.45) is 3.49. The highest BCUT2D eigenvalue weighted by atomic mass is 16.3. The molecule has 2 N–H and O–H groups in total. The molecule has 0 aromatic carbocycles. The van der Waals surface area contributed by atoms with Crippen LogP contribution in [0.1, 0.15) is 25.3 Å². The van der Waals surface area contributed by atoms with Gasteiger partial charge in [0.15, 0.2) is 0 Å². The zero-order valence-corrected chi connectivity index (χ0v) is 13.8. The second-order valence-electron chi connectivity index (χ2n) is 6.55. The van der Waals surface area contributed by atoms with Crippen molar-refractivity contribution >= 4 is 5.82 Å². The fourth-order valence-corrected chi connectivity index (χ4v) is 3.19. The first kappa shape index (κ1) is 17.1. The number of aromatic nitrogens is 2. The van der Waals surface area contributed by atoms with Crippen molar-refractivity contribution in [1.82, 2.24) is 14.9 Å². The van der Waals surface area contributed by atoms with Crippen molar-refractivity contribution in [3.05, 3.63) is 18.1 Å². The molecule has 0 saturated carbocycles. The van der Waals surface area contributed by atoms with Crippen molar-refractivity contribution in [2.24, 2.45) is 11.8 Å². The summed E-state index contributed by atoms with van der Waals surface area (Å²) < 4.78 is 0. The van der Waals surface area contributed by atoms with Crippen LogP contribution in [0.5, 0.6) is 0 Å². The maximum Gasteiger partial charge on any atom is 0.135 e. The minimum Gasteiger partial charge on any atom is -0.396 e. The molecule has 6 nitrogen and oxygen atoms in total. The van der Waals surface area contributed by atoms with Crippen molar-refractivity contribution < 1.29 is 10.2 Å². The van der Waals surface area contributed by atoms with Crippen LogP contribution >= 0.6 is 0 Å². The lowest BCUT2D eigenvalue weighted by molar-refractivity contribution is 0.160. The van der Waals surface area contributed by atoms with Gasteiger partial charge < -0.3 is 20.0 Å². The Morgan fingerprint density at radius 3 is 2.68 bits per heavy atom. The number of hydrogen-bond donors (Lipinski definition) is 2. The highest BCUT2D eigenvalue weighted by Gasteiger charge is 2.34. The van der Waals surface area contributed by atoms with Gasteiger partial charge in [-0.2, -0.15) is 0 Å². The Kier molecular flexibility index (Phi) is 6.11. The molecular weight excluding hydrogens is 280 g/mol. The molecule has 0 spiro atoms. The average Bonchev–Trinajstić information content (AvgIpc) is 2.90. The Morgan fingerprint density at radius 2 is 2.05 bits per heavy atom. The van der Waals surface area contributed by atoms with Gasteiger partial charge in [0.1, 0.15) is 12.1 Å². The van der Waals surface area contributed by atoms with E-state index in [1.54, 1.807) is 6.33 Å². The lowest BCUT2D eigenvalue weighted by atomic mass is 9.96. The lowest BCUT2D eigenvalue weighted by Crippen LogP contribution is -2.33. The number of aliphatic hydroxyl groups is 2. The molecule has 6 heteroatoms. The van der Waals surface area contributed by atoms with E-state index in [-0.39, 0.29) is 19.1 Å². The van der Waals surface area contributed by atoms with E-state index < -0.39 is 0 Å². The standard InChI is InChI=1S/C16H28N4O2/c1-12(2)15-6-17-11-18-16(15)20-8-13(14(9-20)10-22)7-19(3)4-5-21/h6,11-14,21-22H,4-5,7-10H2,1-3H3/t13-,14-/m1/s1. The van der Waals surface area contributed by atoms with Crippen molar-refractivity contribution in [3.63, 3.8) is 0 Å². The van der Waals surface area contributed by atoms with Crippen LogP contribution in [0.25, 0.3) is 0 Å². The molecule has 22 heavy (non-hydrogen) atoms. The predicted molar refractivity (Wildman–Crippen MR) is 87.0 cm³/mol. The predicted octanol–water partition coefficient (Wildman–Crippen LogP) is 0.569. The van der Waals surface area contributed by atoms with Gasteiger partial charge in [-0.1, -0.05) is 13.8 Å². The van der Waals surface area contributed by atoms with Gasteiger partial charge in [-0.15, -0.1) is 0 Å². The molecule has 1 aliphatic rings. The van der Waals surface area contributed by atoms with E-state index in [2.05, 4.69) is 33.6 Å². The largest absolute Gasteiger partial charge is 0.396 e. The second-order valence-corrected chi connectivity index (χ2v) is 6.55. The average molecular weight is 308 g/mol. The molecule has 124 valence electrons. The number of aliphatic hydroxyl groups excluding tert-OH is 2. The number of likely N-dealkylation sites (N-methyl/N-ethyl adjacent to an activating group) is 1. The minimum atomic E-state index is 0.167. The van der Waals surface area contributed by atoms with Gasteiger partial charge in [-0.3, -0.25) is 0 Å². The quantitative estimate of drug-likeness (QED) is 0.767. The Labute approximate surface area is 132 Å². The van der Waals surface area contributed by atoms with Crippen LogP contribution in [-0.2, 0) is 0 Å². The molecule has 0 radical (unpaired) electrons. The molecule has 1 fully saturated rings. The maximum atomic E-state index is 9.70. The van der Waals surface area contributed by atoms with Crippen molar-refractivity contribution in [2.75, 3.05) is 51.3 Å². The van der Waals surface area contributed by atoms with Gasteiger partial charge in [0.25, 0.3) is 0 Å².